The number of halogens is 1. The Morgan fingerprint density at radius 2 is 2.12 bits per heavy atom. The van der Waals surface area contributed by atoms with E-state index in [1.54, 1.807) is 12.5 Å². The molecule has 0 radical (unpaired) electrons. The third-order valence-electron chi connectivity index (χ3n) is 3.27. The van der Waals surface area contributed by atoms with Gasteiger partial charge in [-0.25, -0.2) is 0 Å². The van der Waals surface area contributed by atoms with Crippen LogP contribution in [0.3, 0.4) is 0 Å². The van der Waals surface area contributed by atoms with Crippen LogP contribution < -0.4 is 10.6 Å². The van der Waals surface area contributed by atoms with Crippen molar-refractivity contribution in [3.05, 3.63) is 42.6 Å². The highest BCUT2D eigenvalue weighted by Crippen LogP contribution is 1.99. The van der Waals surface area contributed by atoms with Crippen molar-refractivity contribution in [2.45, 2.75) is 33.2 Å². The van der Waals surface area contributed by atoms with Gasteiger partial charge in [-0.1, -0.05) is 13.8 Å². The summed E-state index contributed by atoms with van der Waals surface area (Å²) in [5.41, 5.74) is 0. The summed E-state index contributed by atoms with van der Waals surface area (Å²) >= 11 is 0. The fourth-order valence-electron chi connectivity index (χ4n) is 2.09. The van der Waals surface area contributed by atoms with Gasteiger partial charge in [0, 0.05) is 45.0 Å². The quantitative estimate of drug-likeness (QED) is 0.270. The molecule has 24 heavy (non-hydrogen) atoms. The lowest BCUT2D eigenvalue weighted by Gasteiger charge is -2.13. The number of nitrogens with zero attached hydrogens (tertiary/aromatic N) is 3. The number of rotatable bonds is 9. The first-order valence-electron chi connectivity index (χ1n) is 8.26. The van der Waals surface area contributed by atoms with Crippen molar-refractivity contribution in [1.29, 1.82) is 0 Å². The Bertz CT molecular complexity index is 552. The Labute approximate surface area is 161 Å². The summed E-state index contributed by atoms with van der Waals surface area (Å²) in [4.78, 5) is 4.62. The van der Waals surface area contributed by atoms with Gasteiger partial charge in [-0.15, -0.1) is 24.0 Å². The summed E-state index contributed by atoms with van der Waals surface area (Å²) < 4.78 is 7.28. The van der Waals surface area contributed by atoms with Crippen LogP contribution in [0.15, 0.2) is 46.3 Å². The van der Waals surface area contributed by atoms with Gasteiger partial charge in [0.05, 0.1) is 6.26 Å². The third kappa shape index (κ3) is 8.37. The van der Waals surface area contributed by atoms with Crippen LogP contribution >= 0.6 is 24.0 Å². The average molecular weight is 445 g/mol. The molecular weight excluding hydrogens is 417 g/mol. The van der Waals surface area contributed by atoms with Gasteiger partial charge in [0.1, 0.15) is 5.76 Å². The number of aryl methyl sites for hydroxylation is 1. The number of guanidine groups is 1. The molecule has 0 fully saturated rings. The Morgan fingerprint density at radius 3 is 2.79 bits per heavy atom. The summed E-state index contributed by atoms with van der Waals surface area (Å²) in [6.45, 7) is 7.73. The van der Waals surface area contributed by atoms with Crippen LogP contribution in [0, 0.1) is 5.92 Å². The molecule has 7 heteroatoms. The predicted molar refractivity (Wildman–Crippen MR) is 108 cm³/mol. The smallest absolute Gasteiger partial charge is 0.191 e. The first-order valence-corrected chi connectivity index (χ1v) is 8.26. The minimum absolute atomic E-state index is 0. The molecule has 2 aromatic heterocycles. The van der Waals surface area contributed by atoms with E-state index in [-0.39, 0.29) is 24.0 Å². The zero-order valence-electron chi connectivity index (χ0n) is 14.4. The van der Waals surface area contributed by atoms with Crippen molar-refractivity contribution in [2.75, 3.05) is 19.6 Å². The van der Waals surface area contributed by atoms with Crippen LogP contribution in [0.25, 0.3) is 0 Å². The van der Waals surface area contributed by atoms with Crippen molar-refractivity contribution in [3.8, 4) is 0 Å². The molecule has 0 saturated carbocycles. The van der Waals surface area contributed by atoms with E-state index >= 15 is 0 Å². The summed E-state index contributed by atoms with van der Waals surface area (Å²) in [6, 6.07) is 5.85. The van der Waals surface area contributed by atoms with E-state index in [0.29, 0.717) is 5.92 Å². The summed E-state index contributed by atoms with van der Waals surface area (Å²) in [5.74, 6) is 2.40. The monoisotopic (exact) mass is 445 g/mol. The fraction of sp³-hybridized carbons (Fsp3) is 0.529. The largest absolute Gasteiger partial charge is 0.469 e. The molecule has 2 N–H and O–H groups in total. The molecule has 2 rings (SSSR count). The van der Waals surface area contributed by atoms with Gasteiger partial charge in [0.15, 0.2) is 5.96 Å². The molecule has 2 heterocycles. The van der Waals surface area contributed by atoms with Crippen molar-refractivity contribution >= 4 is 29.9 Å². The van der Waals surface area contributed by atoms with Crippen LogP contribution in [0.2, 0.25) is 0 Å². The highest BCUT2D eigenvalue weighted by Gasteiger charge is 2.01. The van der Waals surface area contributed by atoms with Crippen molar-refractivity contribution in [2.24, 2.45) is 10.9 Å². The lowest BCUT2D eigenvalue weighted by molar-refractivity contribution is 0.506. The topological polar surface area (TPSA) is 67.4 Å². The minimum atomic E-state index is 0. The fourth-order valence-corrected chi connectivity index (χ4v) is 2.09. The highest BCUT2D eigenvalue weighted by molar-refractivity contribution is 14.0. The Hall–Kier alpha value is -1.51. The number of hydrogen-bond acceptors (Lipinski definition) is 3. The molecule has 2 aromatic rings. The molecule has 0 atom stereocenters. The van der Waals surface area contributed by atoms with E-state index in [0.717, 1.165) is 50.7 Å². The minimum Gasteiger partial charge on any atom is -0.469 e. The maximum Gasteiger partial charge on any atom is 0.191 e. The zero-order valence-corrected chi connectivity index (χ0v) is 16.8. The molecule has 134 valence electrons. The molecule has 0 saturated heterocycles. The third-order valence-corrected chi connectivity index (χ3v) is 3.27. The van der Waals surface area contributed by atoms with Gasteiger partial charge in [-0.3, -0.25) is 9.67 Å². The average Bonchev–Trinajstić information content (AvgIpc) is 3.21. The van der Waals surface area contributed by atoms with E-state index in [9.17, 15) is 0 Å². The standard InChI is InChI=1S/C17H27N5O.HI/c1-15(2)14-20-17(19-10-7-16-6-3-13-23-16)18-8-4-11-22-12-5-9-21-22;/h3,5-6,9,12-13,15H,4,7-8,10-11,14H2,1-2H3,(H2,18,19,20);1H. The number of furan rings is 1. The van der Waals surface area contributed by atoms with Crippen LogP contribution in [0.1, 0.15) is 26.0 Å². The highest BCUT2D eigenvalue weighted by atomic mass is 127. The number of hydrogen-bond donors (Lipinski definition) is 2. The molecule has 0 aliphatic heterocycles. The van der Waals surface area contributed by atoms with Crippen LogP contribution in [-0.2, 0) is 13.0 Å². The van der Waals surface area contributed by atoms with E-state index in [4.69, 9.17) is 4.42 Å². The van der Waals surface area contributed by atoms with E-state index in [1.807, 2.05) is 29.1 Å². The van der Waals surface area contributed by atoms with Crippen molar-refractivity contribution < 1.29 is 4.42 Å². The second-order valence-electron chi connectivity index (χ2n) is 5.89. The first kappa shape index (κ1) is 20.5. The van der Waals surface area contributed by atoms with Gasteiger partial charge in [0.25, 0.3) is 0 Å². The maximum absolute atomic E-state index is 5.34. The maximum atomic E-state index is 5.34. The predicted octanol–water partition coefficient (Wildman–Crippen LogP) is 2.92. The molecule has 6 nitrogen and oxygen atoms in total. The first-order chi connectivity index (χ1) is 11.2. The van der Waals surface area contributed by atoms with Gasteiger partial charge in [-0.2, -0.15) is 5.10 Å². The van der Waals surface area contributed by atoms with Gasteiger partial charge >= 0.3 is 0 Å². The lowest BCUT2D eigenvalue weighted by atomic mass is 10.2. The summed E-state index contributed by atoms with van der Waals surface area (Å²) in [6.07, 6.45) is 7.34. The van der Waals surface area contributed by atoms with Gasteiger partial charge < -0.3 is 15.1 Å². The second kappa shape index (κ2) is 11.9. The number of aromatic nitrogens is 2. The SMILES string of the molecule is CC(C)CN=C(NCCCn1cccn1)NCCc1ccco1.I. The number of nitrogens with one attached hydrogen (secondary N) is 2. The van der Waals surface area contributed by atoms with Crippen molar-refractivity contribution in [1.82, 2.24) is 20.4 Å². The van der Waals surface area contributed by atoms with E-state index in [2.05, 4.69) is 34.6 Å². The molecule has 0 bridgehead atoms. The van der Waals surface area contributed by atoms with Gasteiger partial charge in [0.2, 0.25) is 0 Å². The van der Waals surface area contributed by atoms with E-state index < -0.39 is 0 Å². The van der Waals surface area contributed by atoms with Crippen LogP contribution in [0.5, 0.6) is 0 Å². The summed E-state index contributed by atoms with van der Waals surface area (Å²) in [7, 11) is 0. The Kier molecular flexibility index (Phi) is 10.2. The normalized spacial score (nSPS) is 11.4. The second-order valence-corrected chi connectivity index (χ2v) is 5.89. The summed E-state index contributed by atoms with van der Waals surface area (Å²) in [5, 5.41) is 11.0. The molecular formula is C17H28IN5O. The molecule has 0 amide bonds. The Balaban J connectivity index is 0.00000288. The van der Waals surface area contributed by atoms with Crippen LogP contribution in [-0.4, -0.2) is 35.4 Å². The molecule has 0 unspecified atom stereocenters. The number of aliphatic imine (C=N–C) groups is 1. The zero-order chi connectivity index (χ0) is 16.3. The molecule has 0 spiro atoms. The van der Waals surface area contributed by atoms with Crippen LogP contribution in [0.4, 0.5) is 0 Å². The van der Waals surface area contributed by atoms with E-state index in [1.165, 1.54) is 0 Å². The molecule has 0 aliphatic rings. The van der Waals surface area contributed by atoms with Gasteiger partial charge in [-0.05, 0) is 30.5 Å². The van der Waals surface area contributed by atoms with Crippen molar-refractivity contribution in [3.63, 3.8) is 0 Å². The Morgan fingerprint density at radius 1 is 1.29 bits per heavy atom. The molecule has 0 aromatic carbocycles. The lowest BCUT2D eigenvalue weighted by Crippen LogP contribution is -2.39. The molecule has 0 aliphatic carbocycles.